The van der Waals surface area contributed by atoms with Crippen molar-refractivity contribution in [3.63, 3.8) is 0 Å². The number of hydrogen-bond donors (Lipinski definition) is 0. The summed E-state index contributed by atoms with van der Waals surface area (Å²) >= 11 is 0. The molecule has 0 amide bonds. The third-order valence-corrected chi connectivity index (χ3v) is 4.05. The van der Waals surface area contributed by atoms with E-state index in [1.54, 1.807) is 6.92 Å². The summed E-state index contributed by atoms with van der Waals surface area (Å²) in [6, 6.07) is 8.32. The van der Waals surface area contributed by atoms with Crippen LogP contribution in [0.25, 0.3) is 0 Å². The van der Waals surface area contributed by atoms with E-state index >= 15 is 0 Å². The minimum absolute atomic E-state index is 0.0398. The second-order valence-corrected chi connectivity index (χ2v) is 5.50. The summed E-state index contributed by atoms with van der Waals surface area (Å²) in [7, 11) is 0. The molecule has 0 bridgehead atoms. The first-order chi connectivity index (χ1) is 8.61. The number of hydrogen-bond acceptors (Lipinski definition) is 2. The lowest BCUT2D eigenvalue weighted by atomic mass is 9.84. The first-order valence-corrected chi connectivity index (χ1v) is 6.64. The lowest BCUT2D eigenvalue weighted by Gasteiger charge is -2.19. The van der Waals surface area contributed by atoms with Gasteiger partial charge in [0.2, 0.25) is 0 Å². The number of fused-ring (bicyclic) bond motifs is 1. The highest BCUT2D eigenvalue weighted by Crippen LogP contribution is 2.37. The monoisotopic (exact) mass is 244 g/mol. The number of aldehydes is 1. The Hall–Kier alpha value is -1.44. The van der Waals surface area contributed by atoms with Crippen molar-refractivity contribution < 1.29 is 9.59 Å². The standard InChI is InChI=1S/C16H20O2/c1-11(18)7-13-8-14-5-3-4-6-16(14)12(2)15(9-13)10-17/h3-6,10,12-13,15H,7-9H2,1-2H3. The van der Waals surface area contributed by atoms with Crippen molar-refractivity contribution >= 4 is 12.1 Å². The molecule has 0 spiro atoms. The van der Waals surface area contributed by atoms with Crippen LogP contribution >= 0.6 is 0 Å². The van der Waals surface area contributed by atoms with Crippen LogP contribution in [0.3, 0.4) is 0 Å². The van der Waals surface area contributed by atoms with Gasteiger partial charge < -0.3 is 9.59 Å². The Bertz CT molecular complexity index is 450. The Kier molecular flexibility index (Phi) is 3.95. The fourth-order valence-electron chi connectivity index (χ4n) is 3.11. The van der Waals surface area contributed by atoms with Crippen molar-refractivity contribution in [1.29, 1.82) is 0 Å². The van der Waals surface area contributed by atoms with E-state index in [0.29, 0.717) is 12.3 Å². The van der Waals surface area contributed by atoms with E-state index in [0.717, 1.165) is 19.1 Å². The molecule has 18 heavy (non-hydrogen) atoms. The molecular weight excluding hydrogens is 224 g/mol. The molecule has 1 aromatic carbocycles. The molecule has 96 valence electrons. The topological polar surface area (TPSA) is 34.1 Å². The van der Waals surface area contributed by atoms with E-state index in [1.807, 2.05) is 12.1 Å². The highest BCUT2D eigenvalue weighted by Gasteiger charge is 2.29. The summed E-state index contributed by atoms with van der Waals surface area (Å²) in [5, 5.41) is 0. The first-order valence-electron chi connectivity index (χ1n) is 6.64. The number of ketones is 1. The van der Waals surface area contributed by atoms with Gasteiger partial charge in [-0.05, 0) is 42.7 Å². The Morgan fingerprint density at radius 1 is 1.39 bits per heavy atom. The molecule has 3 atom stereocenters. The summed E-state index contributed by atoms with van der Waals surface area (Å²) in [4.78, 5) is 22.6. The molecule has 0 N–H and O–H groups in total. The number of rotatable bonds is 3. The molecule has 2 rings (SSSR count). The van der Waals surface area contributed by atoms with Crippen LogP contribution in [0.15, 0.2) is 24.3 Å². The van der Waals surface area contributed by atoms with E-state index in [1.165, 1.54) is 11.1 Å². The fourth-order valence-corrected chi connectivity index (χ4v) is 3.11. The maximum Gasteiger partial charge on any atom is 0.130 e. The van der Waals surface area contributed by atoms with Crippen molar-refractivity contribution in [2.45, 2.75) is 39.0 Å². The predicted octanol–water partition coefficient (Wildman–Crippen LogP) is 3.15. The minimum Gasteiger partial charge on any atom is -0.303 e. The largest absolute Gasteiger partial charge is 0.303 e. The highest BCUT2D eigenvalue weighted by molar-refractivity contribution is 5.75. The Balaban J connectivity index is 2.33. The second kappa shape index (κ2) is 5.47. The molecule has 1 aliphatic carbocycles. The molecule has 0 fully saturated rings. The van der Waals surface area contributed by atoms with E-state index in [9.17, 15) is 9.59 Å². The molecule has 3 unspecified atom stereocenters. The molecule has 0 saturated heterocycles. The fraction of sp³-hybridized carbons (Fsp3) is 0.500. The molecule has 1 aromatic rings. The van der Waals surface area contributed by atoms with Crippen LogP contribution in [0.4, 0.5) is 0 Å². The van der Waals surface area contributed by atoms with Gasteiger partial charge in [-0.1, -0.05) is 31.2 Å². The van der Waals surface area contributed by atoms with Crippen LogP contribution in [0.2, 0.25) is 0 Å². The Labute approximate surface area is 108 Å². The number of Topliss-reactive ketones (excluding diaryl/α,β-unsaturated/α-hetero) is 1. The van der Waals surface area contributed by atoms with Gasteiger partial charge in [0.05, 0.1) is 0 Å². The highest BCUT2D eigenvalue weighted by atomic mass is 16.1. The van der Waals surface area contributed by atoms with Gasteiger partial charge >= 0.3 is 0 Å². The lowest BCUT2D eigenvalue weighted by molar-refractivity contribution is -0.118. The van der Waals surface area contributed by atoms with Crippen molar-refractivity contribution in [3.05, 3.63) is 35.4 Å². The van der Waals surface area contributed by atoms with Gasteiger partial charge in [-0.2, -0.15) is 0 Å². The van der Waals surface area contributed by atoms with Crippen LogP contribution in [0, 0.1) is 11.8 Å². The first kappa shape index (κ1) is 13.0. The van der Waals surface area contributed by atoms with Crippen molar-refractivity contribution in [2.75, 3.05) is 0 Å². The zero-order valence-electron chi connectivity index (χ0n) is 11.1. The maximum atomic E-state index is 11.3. The van der Waals surface area contributed by atoms with Gasteiger partial charge in [0, 0.05) is 12.3 Å². The average Bonchev–Trinajstić information content (AvgIpc) is 2.46. The lowest BCUT2D eigenvalue weighted by Crippen LogP contribution is -2.15. The SMILES string of the molecule is CC(=O)CC1Cc2ccccc2C(C)C(C=O)C1. The van der Waals surface area contributed by atoms with Crippen LogP contribution in [-0.4, -0.2) is 12.1 Å². The third kappa shape index (κ3) is 2.69. The van der Waals surface area contributed by atoms with Crippen LogP contribution in [0.5, 0.6) is 0 Å². The summed E-state index contributed by atoms with van der Waals surface area (Å²) < 4.78 is 0. The van der Waals surface area contributed by atoms with Gasteiger partial charge in [0.25, 0.3) is 0 Å². The third-order valence-electron chi connectivity index (χ3n) is 4.05. The smallest absolute Gasteiger partial charge is 0.130 e. The second-order valence-electron chi connectivity index (χ2n) is 5.50. The number of carbonyl (C=O) groups excluding carboxylic acids is 2. The van der Waals surface area contributed by atoms with E-state index in [2.05, 4.69) is 19.1 Å². The Morgan fingerprint density at radius 3 is 2.78 bits per heavy atom. The van der Waals surface area contributed by atoms with E-state index < -0.39 is 0 Å². The van der Waals surface area contributed by atoms with Gasteiger partial charge in [0.1, 0.15) is 12.1 Å². The predicted molar refractivity (Wildman–Crippen MR) is 71.5 cm³/mol. The van der Waals surface area contributed by atoms with Gasteiger partial charge in [-0.3, -0.25) is 0 Å². The molecule has 0 heterocycles. The zero-order chi connectivity index (χ0) is 13.1. The summed E-state index contributed by atoms with van der Waals surface area (Å²) in [5.41, 5.74) is 2.58. The summed E-state index contributed by atoms with van der Waals surface area (Å²) in [6.07, 6.45) is 3.41. The molecule has 0 saturated carbocycles. The molecule has 2 heteroatoms. The van der Waals surface area contributed by atoms with E-state index in [-0.39, 0.29) is 17.6 Å². The van der Waals surface area contributed by atoms with Crippen molar-refractivity contribution in [3.8, 4) is 0 Å². The minimum atomic E-state index is 0.0398. The van der Waals surface area contributed by atoms with Gasteiger partial charge in [0.15, 0.2) is 0 Å². The van der Waals surface area contributed by atoms with Crippen molar-refractivity contribution in [1.82, 2.24) is 0 Å². The molecule has 1 aliphatic rings. The Morgan fingerprint density at radius 2 is 2.11 bits per heavy atom. The van der Waals surface area contributed by atoms with Crippen LogP contribution in [-0.2, 0) is 16.0 Å². The van der Waals surface area contributed by atoms with Gasteiger partial charge in [-0.25, -0.2) is 0 Å². The quantitative estimate of drug-likeness (QED) is 0.604. The number of carbonyl (C=O) groups is 2. The normalized spacial score (nSPS) is 27.1. The van der Waals surface area contributed by atoms with Crippen LogP contribution in [0.1, 0.15) is 43.7 Å². The zero-order valence-corrected chi connectivity index (χ0v) is 11.1. The number of benzene rings is 1. The molecule has 0 radical (unpaired) electrons. The molecule has 0 aliphatic heterocycles. The summed E-state index contributed by atoms with van der Waals surface area (Å²) in [6.45, 7) is 3.75. The van der Waals surface area contributed by atoms with Gasteiger partial charge in [-0.15, -0.1) is 0 Å². The molecular formula is C16H20O2. The van der Waals surface area contributed by atoms with Crippen molar-refractivity contribution in [2.24, 2.45) is 11.8 Å². The maximum absolute atomic E-state index is 11.3. The average molecular weight is 244 g/mol. The van der Waals surface area contributed by atoms with E-state index in [4.69, 9.17) is 0 Å². The molecule has 2 nitrogen and oxygen atoms in total. The molecule has 0 aromatic heterocycles. The summed E-state index contributed by atoms with van der Waals surface area (Å²) in [5.74, 6) is 0.828. The van der Waals surface area contributed by atoms with Crippen LogP contribution < -0.4 is 0 Å².